The predicted molar refractivity (Wildman–Crippen MR) is 103 cm³/mol. The van der Waals surface area contributed by atoms with E-state index >= 15 is 0 Å². The van der Waals surface area contributed by atoms with Crippen LogP contribution in [0.15, 0.2) is 65.7 Å². The van der Waals surface area contributed by atoms with Crippen molar-refractivity contribution in [2.45, 2.75) is 11.4 Å². The molecule has 1 aliphatic heterocycles. The van der Waals surface area contributed by atoms with Gasteiger partial charge in [0, 0.05) is 38.1 Å². The molecule has 138 valence electrons. The summed E-state index contributed by atoms with van der Waals surface area (Å²) in [6.07, 6.45) is 1.49. The van der Waals surface area contributed by atoms with Crippen molar-refractivity contribution in [3.05, 3.63) is 66.4 Å². The van der Waals surface area contributed by atoms with Gasteiger partial charge in [0.05, 0.1) is 11.4 Å². The molecule has 0 N–H and O–H groups in total. The van der Waals surface area contributed by atoms with Crippen molar-refractivity contribution in [3.8, 4) is 11.8 Å². The molecule has 4 rings (SSSR count). The number of benzene rings is 2. The van der Waals surface area contributed by atoms with Crippen molar-refractivity contribution in [1.29, 1.82) is 0 Å². The summed E-state index contributed by atoms with van der Waals surface area (Å²) in [6.45, 7) is 0.241. The molecule has 0 aliphatic carbocycles. The Bertz CT molecular complexity index is 1100. The van der Waals surface area contributed by atoms with Gasteiger partial charge in [0.1, 0.15) is 11.6 Å². The van der Waals surface area contributed by atoms with Gasteiger partial charge >= 0.3 is 6.01 Å². The Kier molecular flexibility index (Phi) is 4.19. The Morgan fingerprint density at radius 3 is 2.67 bits per heavy atom. The Hall–Kier alpha value is -3.13. The number of hydrogen-bond acceptors (Lipinski definition) is 6. The zero-order valence-corrected chi connectivity index (χ0v) is 15.7. The maximum Gasteiger partial charge on any atom is 0.323 e. The molecule has 0 atom stereocenters. The van der Waals surface area contributed by atoms with Gasteiger partial charge in [-0.25, -0.2) is 17.7 Å². The second-order valence-corrected chi connectivity index (χ2v) is 8.14. The van der Waals surface area contributed by atoms with E-state index in [9.17, 15) is 8.42 Å². The van der Waals surface area contributed by atoms with E-state index in [-0.39, 0.29) is 18.4 Å². The van der Waals surface area contributed by atoms with E-state index in [0.29, 0.717) is 10.6 Å². The Morgan fingerprint density at radius 1 is 1.07 bits per heavy atom. The minimum Gasteiger partial charge on any atom is -0.424 e. The second kappa shape index (κ2) is 6.55. The molecule has 3 aromatic rings. The van der Waals surface area contributed by atoms with Crippen LogP contribution in [0.25, 0.3) is 0 Å². The largest absolute Gasteiger partial charge is 0.424 e. The lowest BCUT2D eigenvalue weighted by atomic mass is 10.2. The number of hydrogen-bond donors (Lipinski definition) is 0. The molecule has 7 nitrogen and oxygen atoms in total. The third kappa shape index (κ3) is 3.19. The SMILES string of the molecule is CN(C)c1cccc(Oc2nccc(N3Cc4ccccc4S3(=O)=O)n2)c1. The van der Waals surface area contributed by atoms with E-state index in [4.69, 9.17) is 4.74 Å². The summed E-state index contributed by atoms with van der Waals surface area (Å²) in [6, 6.07) is 16.1. The Labute approximate surface area is 157 Å². The topological polar surface area (TPSA) is 75.6 Å². The summed E-state index contributed by atoms with van der Waals surface area (Å²) in [5.41, 5.74) is 1.72. The van der Waals surface area contributed by atoms with Crippen LogP contribution in [0.5, 0.6) is 11.8 Å². The summed E-state index contributed by atoms with van der Waals surface area (Å²) < 4.78 is 32.6. The van der Waals surface area contributed by atoms with Crippen LogP contribution >= 0.6 is 0 Å². The van der Waals surface area contributed by atoms with E-state index in [0.717, 1.165) is 11.3 Å². The van der Waals surface area contributed by atoms with Crippen molar-refractivity contribution in [2.75, 3.05) is 23.3 Å². The maximum atomic E-state index is 12.8. The molecule has 1 aliphatic rings. The summed E-state index contributed by atoms with van der Waals surface area (Å²) in [4.78, 5) is 10.7. The average Bonchev–Trinajstić information content (AvgIpc) is 2.93. The molecular weight excluding hydrogens is 364 g/mol. The standard InChI is InChI=1S/C19H18N4O3S/c1-22(2)15-7-5-8-16(12-15)26-19-20-11-10-18(21-19)23-13-14-6-3-4-9-17(14)27(23,24)25/h3-12H,13H2,1-2H3. The van der Waals surface area contributed by atoms with E-state index in [1.54, 1.807) is 30.3 Å². The van der Waals surface area contributed by atoms with Crippen LogP contribution in [-0.2, 0) is 16.6 Å². The third-order valence-corrected chi connectivity index (χ3v) is 6.12. The minimum atomic E-state index is -3.63. The van der Waals surface area contributed by atoms with Crippen molar-refractivity contribution in [3.63, 3.8) is 0 Å². The van der Waals surface area contributed by atoms with Gasteiger partial charge in [0.25, 0.3) is 10.0 Å². The fourth-order valence-electron chi connectivity index (χ4n) is 2.90. The highest BCUT2D eigenvalue weighted by molar-refractivity contribution is 7.93. The molecular formula is C19H18N4O3S. The lowest BCUT2D eigenvalue weighted by molar-refractivity contribution is 0.442. The first kappa shape index (κ1) is 17.3. The van der Waals surface area contributed by atoms with Crippen LogP contribution in [0.2, 0.25) is 0 Å². The fraction of sp³-hybridized carbons (Fsp3) is 0.158. The third-order valence-electron chi connectivity index (χ3n) is 4.27. The first-order chi connectivity index (χ1) is 12.9. The van der Waals surface area contributed by atoms with Gasteiger partial charge in [-0.15, -0.1) is 0 Å². The molecule has 2 heterocycles. The number of nitrogens with zero attached hydrogens (tertiary/aromatic N) is 4. The van der Waals surface area contributed by atoms with Crippen LogP contribution in [0.4, 0.5) is 11.5 Å². The summed E-state index contributed by atoms with van der Waals surface area (Å²) in [7, 11) is 0.247. The minimum absolute atomic E-state index is 0.0922. The molecule has 0 amide bonds. The van der Waals surface area contributed by atoms with Crippen LogP contribution < -0.4 is 13.9 Å². The number of fused-ring (bicyclic) bond motifs is 1. The normalized spacial score (nSPS) is 14.7. The monoisotopic (exact) mass is 382 g/mol. The Balaban J connectivity index is 1.64. The predicted octanol–water partition coefficient (Wildman–Crippen LogP) is 3.04. The number of anilines is 2. The van der Waals surface area contributed by atoms with E-state index in [2.05, 4.69) is 9.97 Å². The highest BCUT2D eigenvalue weighted by atomic mass is 32.2. The molecule has 27 heavy (non-hydrogen) atoms. The lowest BCUT2D eigenvalue weighted by Crippen LogP contribution is -2.24. The molecule has 8 heteroatoms. The highest BCUT2D eigenvalue weighted by Crippen LogP contribution is 2.34. The molecule has 0 spiro atoms. The fourth-order valence-corrected chi connectivity index (χ4v) is 4.51. The second-order valence-electron chi connectivity index (χ2n) is 6.31. The maximum absolute atomic E-state index is 12.8. The van der Waals surface area contributed by atoms with Gasteiger partial charge < -0.3 is 9.64 Å². The highest BCUT2D eigenvalue weighted by Gasteiger charge is 2.35. The summed E-state index contributed by atoms with van der Waals surface area (Å²) in [5, 5.41) is 0. The molecule has 0 saturated heterocycles. The number of ether oxygens (including phenoxy) is 1. The van der Waals surface area contributed by atoms with Crippen molar-refractivity contribution >= 4 is 21.5 Å². The summed E-state index contributed by atoms with van der Waals surface area (Å²) in [5.74, 6) is 0.853. The zero-order valence-electron chi connectivity index (χ0n) is 14.9. The smallest absolute Gasteiger partial charge is 0.323 e. The van der Waals surface area contributed by atoms with E-state index < -0.39 is 10.0 Å². The van der Waals surface area contributed by atoms with Crippen molar-refractivity contribution in [2.24, 2.45) is 0 Å². The first-order valence-corrected chi connectivity index (χ1v) is 9.78. The van der Waals surface area contributed by atoms with Gasteiger partial charge in [0.2, 0.25) is 0 Å². The average molecular weight is 382 g/mol. The summed E-state index contributed by atoms with van der Waals surface area (Å²) >= 11 is 0. The van der Waals surface area contributed by atoms with Gasteiger partial charge in [-0.05, 0) is 23.8 Å². The van der Waals surface area contributed by atoms with E-state index in [1.807, 2.05) is 43.3 Å². The molecule has 0 unspecified atom stereocenters. The quantitative estimate of drug-likeness (QED) is 0.690. The number of sulfonamides is 1. The molecule has 0 radical (unpaired) electrons. The molecule has 2 aromatic carbocycles. The van der Waals surface area contributed by atoms with Gasteiger partial charge in [-0.1, -0.05) is 24.3 Å². The van der Waals surface area contributed by atoms with Gasteiger partial charge in [0.15, 0.2) is 0 Å². The van der Waals surface area contributed by atoms with Crippen LogP contribution in [0, 0.1) is 0 Å². The molecule has 0 bridgehead atoms. The van der Waals surface area contributed by atoms with Crippen molar-refractivity contribution in [1.82, 2.24) is 9.97 Å². The molecule has 0 saturated carbocycles. The van der Waals surface area contributed by atoms with Gasteiger partial charge in [-0.3, -0.25) is 0 Å². The molecule has 0 fully saturated rings. The van der Waals surface area contributed by atoms with E-state index in [1.165, 1.54) is 10.5 Å². The van der Waals surface area contributed by atoms with Crippen molar-refractivity contribution < 1.29 is 13.2 Å². The Morgan fingerprint density at radius 2 is 1.89 bits per heavy atom. The zero-order chi connectivity index (χ0) is 19.0. The molecule has 1 aromatic heterocycles. The number of aromatic nitrogens is 2. The van der Waals surface area contributed by atoms with Crippen LogP contribution in [0.1, 0.15) is 5.56 Å². The van der Waals surface area contributed by atoms with Crippen LogP contribution in [0.3, 0.4) is 0 Å². The van der Waals surface area contributed by atoms with Crippen LogP contribution in [-0.4, -0.2) is 32.5 Å². The number of rotatable bonds is 4. The van der Waals surface area contributed by atoms with Gasteiger partial charge in [-0.2, -0.15) is 4.98 Å². The first-order valence-electron chi connectivity index (χ1n) is 8.34. The lowest BCUT2D eigenvalue weighted by Gasteiger charge is -2.16.